The van der Waals surface area contributed by atoms with Crippen molar-refractivity contribution in [3.05, 3.63) is 70.5 Å². The van der Waals surface area contributed by atoms with Crippen molar-refractivity contribution in [3.63, 3.8) is 0 Å². The van der Waals surface area contributed by atoms with Gasteiger partial charge in [-0.2, -0.15) is 5.10 Å². The van der Waals surface area contributed by atoms with Crippen LogP contribution < -0.4 is 10.7 Å². The number of aryl methyl sites for hydroxylation is 1. The highest BCUT2D eigenvalue weighted by Crippen LogP contribution is 2.10. The quantitative estimate of drug-likeness (QED) is 0.782. The molecule has 0 saturated carbocycles. The van der Waals surface area contributed by atoms with Gasteiger partial charge in [0.2, 0.25) is 5.43 Å². The minimum Gasteiger partial charge on any atom is -0.320 e. The van der Waals surface area contributed by atoms with Gasteiger partial charge in [-0.15, -0.1) is 0 Å². The first-order valence-corrected chi connectivity index (χ1v) is 6.49. The molecule has 0 bridgehead atoms. The molecule has 1 amide bonds. The van der Waals surface area contributed by atoms with Gasteiger partial charge in [-0.25, -0.2) is 0 Å². The molecule has 1 heterocycles. The lowest BCUT2D eigenvalue weighted by molar-refractivity contribution is 0.101. The van der Waals surface area contributed by atoms with Crippen LogP contribution in [0.5, 0.6) is 0 Å². The average Bonchev–Trinajstić information content (AvgIpc) is 2.52. The van der Waals surface area contributed by atoms with Crippen LogP contribution in [0.3, 0.4) is 0 Å². The Balaban J connectivity index is 2.07. The van der Waals surface area contributed by atoms with Crippen LogP contribution in [0, 0.1) is 0 Å². The van der Waals surface area contributed by atoms with E-state index in [-0.39, 0.29) is 11.1 Å². The number of carbonyl (C=O) groups excluding carboxylic acids is 1. The number of nitrogens with zero attached hydrogens (tertiary/aromatic N) is 2. The molecule has 0 aliphatic carbocycles. The highest BCUT2D eigenvalue weighted by atomic mass is 16.2. The van der Waals surface area contributed by atoms with Gasteiger partial charge in [0, 0.05) is 18.1 Å². The molecule has 0 fully saturated rings. The fourth-order valence-corrected chi connectivity index (χ4v) is 2.18. The van der Waals surface area contributed by atoms with Crippen LogP contribution in [0.25, 0.3) is 10.9 Å². The summed E-state index contributed by atoms with van der Waals surface area (Å²) < 4.78 is 1.54. The number of hydrogen-bond donors (Lipinski definition) is 1. The van der Waals surface area contributed by atoms with Gasteiger partial charge in [-0.3, -0.25) is 14.3 Å². The van der Waals surface area contributed by atoms with Crippen LogP contribution in [0.15, 0.2) is 59.4 Å². The molecular weight excluding hydrogens is 266 g/mol. The maximum Gasteiger partial charge on any atom is 0.280 e. The van der Waals surface area contributed by atoms with Gasteiger partial charge in [0.1, 0.15) is 0 Å². The van der Waals surface area contributed by atoms with Crippen molar-refractivity contribution in [2.75, 3.05) is 5.32 Å². The smallest absolute Gasteiger partial charge is 0.280 e. The molecule has 0 atom stereocenters. The zero-order valence-corrected chi connectivity index (χ0v) is 11.4. The largest absolute Gasteiger partial charge is 0.320 e. The Morgan fingerprint density at radius 3 is 2.48 bits per heavy atom. The second-order valence-corrected chi connectivity index (χ2v) is 4.64. The summed E-state index contributed by atoms with van der Waals surface area (Å²) in [4.78, 5) is 24.6. The number of para-hydroxylation sites is 2. The Kier molecular flexibility index (Phi) is 3.23. The number of benzene rings is 2. The van der Waals surface area contributed by atoms with Gasteiger partial charge >= 0.3 is 0 Å². The van der Waals surface area contributed by atoms with Gasteiger partial charge < -0.3 is 5.32 Å². The molecule has 0 aliphatic rings. The molecule has 104 valence electrons. The molecule has 0 spiro atoms. The molecular formula is C16H13N3O2. The Morgan fingerprint density at radius 1 is 1.05 bits per heavy atom. The van der Waals surface area contributed by atoms with Crippen molar-refractivity contribution >= 4 is 22.5 Å². The number of anilines is 1. The van der Waals surface area contributed by atoms with Crippen LogP contribution in [-0.2, 0) is 7.05 Å². The summed E-state index contributed by atoms with van der Waals surface area (Å²) in [6, 6.07) is 16.1. The van der Waals surface area contributed by atoms with Crippen LogP contribution in [0.2, 0.25) is 0 Å². The summed E-state index contributed by atoms with van der Waals surface area (Å²) in [6.07, 6.45) is 0. The molecule has 1 aromatic heterocycles. The molecule has 0 aliphatic heterocycles. The highest BCUT2D eigenvalue weighted by molar-refractivity contribution is 6.04. The molecule has 0 saturated heterocycles. The summed E-state index contributed by atoms with van der Waals surface area (Å²) in [5.74, 6) is -0.507. The van der Waals surface area contributed by atoms with Crippen molar-refractivity contribution in [3.8, 4) is 0 Å². The van der Waals surface area contributed by atoms with Gasteiger partial charge in [0.05, 0.1) is 5.52 Å². The summed E-state index contributed by atoms with van der Waals surface area (Å²) >= 11 is 0. The molecule has 1 N–H and O–H groups in total. The van der Waals surface area contributed by atoms with Crippen molar-refractivity contribution in [2.24, 2.45) is 7.05 Å². The van der Waals surface area contributed by atoms with Crippen molar-refractivity contribution in [2.45, 2.75) is 0 Å². The lowest BCUT2D eigenvalue weighted by atomic mass is 10.2. The van der Waals surface area contributed by atoms with Gasteiger partial charge in [0.25, 0.3) is 5.91 Å². The molecule has 3 aromatic rings. The van der Waals surface area contributed by atoms with Crippen LogP contribution in [-0.4, -0.2) is 15.7 Å². The Morgan fingerprint density at radius 2 is 1.71 bits per heavy atom. The maximum atomic E-state index is 12.4. The van der Waals surface area contributed by atoms with E-state index in [4.69, 9.17) is 0 Å². The van der Waals surface area contributed by atoms with Gasteiger partial charge in [0.15, 0.2) is 5.69 Å². The lowest BCUT2D eigenvalue weighted by Crippen LogP contribution is -2.26. The van der Waals surface area contributed by atoms with Gasteiger partial charge in [-0.05, 0) is 24.3 Å². The van der Waals surface area contributed by atoms with Crippen molar-refractivity contribution in [1.29, 1.82) is 0 Å². The molecule has 21 heavy (non-hydrogen) atoms. The van der Waals surface area contributed by atoms with E-state index >= 15 is 0 Å². The fraction of sp³-hybridized carbons (Fsp3) is 0.0625. The van der Waals surface area contributed by atoms with Crippen molar-refractivity contribution in [1.82, 2.24) is 9.78 Å². The zero-order chi connectivity index (χ0) is 14.8. The minimum absolute atomic E-state index is 0.111. The van der Waals surface area contributed by atoms with Crippen LogP contribution >= 0.6 is 0 Å². The number of aromatic nitrogens is 2. The number of amides is 1. The lowest BCUT2D eigenvalue weighted by Gasteiger charge is -2.08. The standard InChI is InChI=1S/C16H13N3O2/c1-19-13-10-6-5-9-12(13)15(20)14(18-19)16(21)17-11-7-3-2-4-8-11/h2-10H,1H3,(H,17,21). The first kappa shape index (κ1) is 13.1. The Bertz CT molecular complexity index is 870. The van der Waals surface area contributed by atoms with E-state index in [1.807, 2.05) is 24.3 Å². The second kappa shape index (κ2) is 5.20. The first-order valence-electron chi connectivity index (χ1n) is 6.49. The number of fused-ring (bicyclic) bond motifs is 1. The van der Waals surface area contributed by atoms with E-state index < -0.39 is 5.91 Å². The van der Waals surface area contributed by atoms with E-state index in [1.54, 1.807) is 37.4 Å². The summed E-state index contributed by atoms with van der Waals surface area (Å²) in [5.41, 5.74) is 0.843. The van der Waals surface area contributed by atoms with E-state index in [0.29, 0.717) is 16.6 Å². The third-order valence-corrected chi connectivity index (χ3v) is 3.21. The molecule has 5 heteroatoms. The van der Waals surface area contributed by atoms with Crippen LogP contribution in [0.1, 0.15) is 10.5 Å². The number of rotatable bonds is 2. The molecule has 3 rings (SSSR count). The minimum atomic E-state index is -0.507. The Labute approximate surface area is 120 Å². The average molecular weight is 279 g/mol. The zero-order valence-electron chi connectivity index (χ0n) is 11.4. The molecule has 2 aromatic carbocycles. The van der Waals surface area contributed by atoms with E-state index in [2.05, 4.69) is 10.4 Å². The molecule has 5 nitrogen and oxygen atoms in total. The normalized spacial score (nSPS) is 10.5. The Hall–Kier alpha value is -2.95. The fourth-order valence-electron chi connectivity index (χ4n) is 2.18. The monoisotopic (exact) mass is 279 g/mol. The topological polar surface area (TPSA) is 64.0 Å². The van der Waals surface area contributed by atoms with Crippen LogP contribution in [0.4, 0.5) is 5.69 Å². The summed E-state index contributed by atoms with van der Waals surface area (Å²) in [5, 5.41) is 7.25. The number of hydrogen-bond acceptors (Lipinski definition) is 3. The summed E-state index contributed by atoms with van der Waals surface area (Å²) in [6.45, 7) is 0. The highest BCUT2D eigenvalue weighted by Gasteiger charge is 2.16. The number of carbonyl (C=O) groups is 1. The van der Waals surface area contributed by atoms with E-state index in [1.165, 1.54) is 4.68 Å². The second-order valence-electron chi connectivity index (χ2n) is 4.64. The van der Waals surface area contributed by atoms with E-state index in [0.717, 1.165) is 0 Å². The predicted octanol–water partition coefficient (Wildman–Crippen LogP) is 2.19. The van der Waals surface area contributed by atoms with Crippen molar-refractivity contribution < 1.29 is 4.79 Å². The third kappa shape index (κ3) is 2.41. The maximum absolute atomic E-state index is 12.4. The molecule has 0 radical (unpaired) electrons. The third-order valence-electron chi connectivity index (χ3n) is 3.21. The van der Waals surface area contributed by atoms with Gasteiger partial charge in [-0.1, -0.05) is 30.3 Å². The number of nitrogens with one attached hydrogen (secondary N) is 1. The SMILES string of the molecule is Cn1nc(C(=O)Nc2ccccc2)c(=O)c2ccccc21. The van der Waals surface area contributed by atoms with E-state index in [9.17, 15) is 9.59 Å². The first-order chi connectivity index (χ1) is 10.2. The molecule has 0 unspecified atom stereocenters. The summed E-state index contributed by atoms with van der Waals surface area (Å²) in [7, 11) is 1.71. The predicted molar refractivity (Wildman–Crippen MR) is 81.4 cm³/mol.